The van der Waals surface area contributed by atoms with Gasteiger partial charge < -0.3 is 4.90 Å². The molecule has 26 heavy (non-hydrogen) atoms. The van der Waals surface area contributed by atoms with Crippen LogP contribution >= 0.6 is 0 Å². The van der Waals surface area contributed by atoms with E-state index in [1.807, 2.05) is 25.1 Å². The lowest BCUT2D eigenvalue weighted by molar-refractivity contribution is 0.260. The molecule has 0 amide bonds. The number of nitrogens with zero attached hydrogens (tertiary/aromatic N) is 4. The molecular weight excluding hydrogens is 324 g/mol. The van der Waals surface area contributed by atoms with E-state index in [0.29, 0.717) is 0 Å². The number of benzene rings is 1. The molecule has 1 fully saturated rings. The molecule has 4 rings (SSSR count). The van der Waals surface area contributed by atoms with Crippen LogP contribution in [0.3, 0.4) is 0 Å². The van der Waals surface area contributed by atoms with Crippen LogP contribution in [0.2, 0.25) is 0 Å². The third-order valence-corrected chi connectivity index (χ3v) is 5.21. The molecule has 2 aromatic heterocycles. The van der Waals surface area contributed by atoms with Crippen molar-refractivity contribution in [2.75, 3.05) is 37.6 Å². The Hall–Kier alpha value is -2.66. The Labute approximate surface area is 153 Å². The normalized spacial score (nSPS) is 15.5. The number of aryl methyl sites for hydroxylation is 1. The predicted molar refractivity (Wildman–Crippen MR) is 105 cm³/mol. The SMILES string of the molecule is Cc1nc2ccccn2c(=O)c1CCN1CCN(c2ccccc2)CC1. The molecule has 3 heterocycles. The van der Waals surface area contributed by atoms with E-state index in [1.54, 1.807) is 10.6 Å². The number of hydrogen-bond donors (Lipinski definition) is 0. The van der Waals surface area contributed by atoms with Gasteiger partial charge in [0.05, 0.1) is 0 Å². The molecule has 0 saturated carbocycles. The van der Waals surface area contributed by atoms with Gasteiger partial charge in [0.2, 0.25) is 0 Å². The van der Waals surface area contributed by atoms with Gasteiger partial charge in [0.15, 0.2) is 0 Å². The minimum Gasteiger partial charge on any atom is -0.369 e. The van der Waals surface area contributed by atoms with Gasteiger partial charge in [-0.3, -0.25) is 14.1 Å². The van der Waals surface area contributed by atoms with Crippen LogP contribution in [-0.2, 0) is 6.42 Å². The van der Waals surface area contributed by atoms with Crippen molar-refractivity contribution in [1.29, 1.82) is 0 Å². The van der Waals surface area contributed by atoms with E-state index in [2.05, 4.69) is 45.1 Å². The first-order valence-corrected chi connectivity index (χ1v) is 9.21. The zero-order valence-corrected chi connectivity index (χ0v) is 15.1. The molecule has 0 atom stereocenters. The van der Waals surface area contributed by atoms with Gasteiger partial charge in [0.25, 0.3) is 5.56 Å². The average Bonchev–Trinajstić information content (AvgIpc) is 2.69. The Morgan fingerprint density at radius 1 is 0.962 bits per heavy atom. The van der Waals surface area contributed by atoms with Crippen LogP contribution in [0.5, 0.6) is 0 Å². The van der Waals surface area contributed by atoms with E-state index < -0.39 is 0 Å². The van der Waals surface area contributed by atoms with Crippen LogP contribution in [0.15, 0.2) is 59.5 Å². The number of fused-ring (bicyclic) bond motifs is 1. The van der Waals surface area contributed by atoms with Crippen LogP contribution in [0.4, 0.5) is 5.69 Å². The molecule has 0 radical (unpaired) electrons. The summed E-state index contributed by atoms with van der Waals surface area (Å²) >= 11 is 0. The molecule has 0 bridgehead atoms. The summed E-state index contributed by atoms with van der Waals surface area (Å²) in [4.78, 5) is 22.2. The number of rotatable bonds is 4. The molecule has 0 aliphatic carbocycles. The Balaban J connectivity index is 1.41. The molecule has 3 aromatic rings. The van der Waals surface area contributed by atoms with E-state index >= 15 is 0 Å². The molecule has 0 unspecified atom stereocenters. The first kappa shape index (κ1) is 16.8. The summed E-state index contributed by atoms with van der Waals surface area (Å²) in [5, 5.41) is 0. The van der Waals surface area contributed by atoms with Crippen molar-refractivity contribution in [3.63, 3.8) is 0 Å². The third kappa shape index (κ3) is 3.35. The van der Waals surface area contributed by atoms with Crippen LogP contribution in [-0.4, -0.2) is 47.0 Å². The van der Waals surface area contributed by atoms with E-state index in [-0.39, 0.29) is 5.56 Å². The maximum atomic E-state index is 12.8. The van der Waals surface area contributed by atoms with E-state index in [1.165, 1.54) is 5.69 Å². The fourth-order valence-corrected chi connectivity index (χ4v) is 3.66. The molecule has 1 aliphatic heterocycles. The number of hydrogen-bond acceptors (Lipinski definition) is 4. The topological polar surface area (TPSA) is 40.9 Å². The quantitative estimate of drug-likeness (QED) is 0.726. The van der Waals surface area contributed by atoms with Crippen LogP contribution in [0, 0.1) is 6.92 Å². The van der Waals surface area contributed by atoms with Crippen LogP contribution in [0.1, 0.15) is 11.3 Å². The number of pyridine rings is 1. The minimum atomic E-state index is 0.0658. The van der Waals surface area contributed by atoms with E-state index in [9.17, 15) is 4.79 Å². The van der Waals surface area contributed by atoms with Crippen molar-refractivity contribution in [2.24, 2.45) is 0 Å². The standard InChI is InChI=1S/C21H24N4O/c1-17-19(21(26)25-11-6-5-9-20(25)22-17)10-12-23-13-15-24(16-14-23)18-7-3-2-4-8-18/h2-9,11H,10,12-16H2,1H3. The van der Waals surface area contributed by atoms with Crippen LogP contribution < -0.4 is 10.5 Å². The first-order chi connectivity index (χ1) is 12.7. The number of anilines is 1. The summed E-state index contributed by atoms with van der Waals surface area (Å²) in [5.74, 6) is 0. The zero-order chi connectivity index (χ0) is 17.9. The molecular formula is C21H24N4O. The Kier molecular flexibility index (Phi) is 4.71. The molecule has 1 saturated heterocycles. The Bertz CT molecular complexity index is 943. The second-order valence-electron chi connectivity index (χ2n) is 6.82. The highest BCUT2D eigenvalue weighted by Crippen LogP contribution is 2.15. The molecule has 0 N–H and O–H groups in total. The van der Waals surface area contributed by atoms with E-state index in [0.717, 1.165) is 56.0 Å². The number of para-hydroxylation sites is 1. The summed E-state index contributed by atoms with van der Waals surface area (Å²) in [6.07, 6.45) is 2.55. The maximum Gasteiger partial charge on any atom is 0.261 e. The fraction of sp³-hybridized carbons (Fsp3) is 0.333. The van der Waals surface area contributed by atoms with Gasteiger partial charge in [-0.05, 0) is 37.6 Å². The maximum absolute atomic E-state index is 12.8. The van der Waals surface area contributed by atoms with Gasteiger partial charge in [0.1, 0.15) is 5.65 Å². The lowest BCUT2D eigenvalue weighted by Gasteiger charge is -2.36. The summed E-state index contributed by atoms with van der Waals surface area (Å²) in [5.41, 5.74) is 3.76. The highest BCUT2D eigenvalue weighted by Gasteiger charge is 2.18. The summed E-state index contributed by atoms with van der Waals surface area (Å²) in [7, 11) is 0. The van der Waals surface area contributed by atoms with Gasteiger partial charge in [-0.15, -0.1) is 0 Å². The second-order valence-corrected chi connectivity index (χ2v) is 6.82. The first-order valence-electron chi connectivity index (χ1n) is 9.21. The Morgan fingerprint density at radius 3 is 2.46 bits per heavy atom. The summed E-state index contributed by atoms with van der Waals surface area (Å²) in [6, 6.07) is 16.2. The predicted octanol–water partition coefficient (Wildman–Crippen LogP) is 2.37. The van der Waals surface area contributed by atoms with Crippen molar-refractivity contribution in [2.45, 2.75) is 13.3 Å². The number of aromatic nitrogens is 2. The summed E-state index contributed by atoms with van der Waals surface area (Å²) in [6.45, 7) is 6.94. The highest BCUT2D eigenvalue weighted by molar-refractivity contribution is 5.46. The zero-order valence-electron chi connectivity index (χ0n) is 15.1. The number of piperazine rings is 1. The minimum absolute atomic E-state index is 0.0658. The van der Waals surface area contributed by atoms with Crippen molar-refractivity contribution in [1.82, 2.24) is 14.3 Å². The lowest BCUT2D eigenvalue weighted by atomic mass is 10.1. The monoisotopic (exact) mass is 348 g/mol. The highest BCUT2D eigenvalue weighted by atomic mass is 16.1. The van der Waals surface area contributed by atoms with Crippen molar-refractivity contribution in [3.8, 4) is 0 Å². The molecule has 1 aliphatic rings. The average molecular weight is 348 g/mol. The smallest absolute Gasteiger partial charge is 0.261 e. The van der Waals surface area contributed by atoms with Crippen molar-refractivity contribution in [3.05, 3.63) is 76.3 Å². The van der Waals surface area contributed by atoms with Gasteiger partial charge >= 0.3 is 0 Å². The lowest BCUT2D eigenvalue weighted by Crippen LogP contribution is -2.47. The molecule has 5 nitrogen and oxygen atoms in total. The largest absolute Gasteiger partial charge is 0.369 e. The van der Waals surface area contributed by atoms with Crippen molar-refractivity contribution < 1.29 is 0 Å². The molecule has 1 aromatic carbocycles. The van der Waals surface area contributed by atoms with Crippen LogP contribution in [0.25, 0.3) is 5.65 Å². The van der Waals surface area contributed by atoms with Crippen molar-refractivity contribution >= 4 is 11.3 Å². The van der Waals surface area contributed by atoms with Gasteiger partial charge in [-0.25, -0.2) is 4.98 Å². The molecule has 5 heteroatoms. The van der Waals surface area contributed by atoms with Gasteiger partial charge in [-0.1, -0.05) is 24.3 Å². The fourth-order valence-electron chi connectivity index (χ4n) is 3.66. The summed E-state index contributed by atoms with van der Waals surface area (Å²) < 4.78 is 1.65. The van der Waals surface area contributed by atoms with E-state index in [4.69, 9.17) is 0 Å². The third-order valence-electron chi connectivity index (χ3n) is 5.21. The van der Waals surface area contributed by atoms with Gasteiger partial charge in [-0.2, -0.15) is 0 Å². The Morgan fingerprint density at radius 2 is 1.69 bits per heavy atom. The van der Waals surface area contributed by atoms with Gasteiger partial charge in [0, 0.05) is 55.9 Å². The second kappa shape index (κ2) is 7.30. The molecule has 134 valence electrons. The molecule has 0 spiro atoms.